The molecule has 0 fully saturated rings. The maximum atomic E-state index is 11.1. The Balaban J connectivity index is 2.09. The van der Waals surface area contributed by atoms with E-state index in [0.717, 1.165) is 5.56 Å². The Morgan fingerprint density at radius 2 is 2.07 bits per heavy atom. The molecule has 72 valence electrons. The summed E-state index contributed by atoms with van der Waals surface area (Å²) in [5.74, 6) is -0.557. The van der Waals surface area contributed by atoms with E-state index in [1.807, 2.05) is 30.3 Å². The molecule has 0 saturated heterocycles. The van der Waals surface area contributed by atoms with Crippen LogP contribution in [-0.2, 0) is 16.0 Å². The van der Waals surface area contributed by atoms with Crippen molar-refractivity contribution in [3.05, 3.63) is 35.9 Å². The molecule has 1 atom stereocenters. The number of aliphatic imine (C=N–C) groups is 1. The average molecular weight is 190 g/mol. The molecule has 0 amide bonds. The summed E-state index contributed by atoms with van der Waals surface area (Å²) in [6.45, 7) is 0. The Bertz CT molecular complexity index is 372. The minimum absolute atomic E-state index is 0.422. The topological polar surface area (TPSA) is 61.7 Å². The van der Waals surface area contributed by atoms with Crippen LogP contribution in [0.25, 0.3) is 0 Å². The van der Waals surface area contributed by atoms with Crippen molar-refractivity contribution < 1.29 is 14.6 Å². The summed E-state index contributed by atoms with van der Waals surface area (Å²) in [6.07, 6.45) is -0.360. The minimum atomic E-state index is -0.782. The standard InChI is InChI=1S/C10H9NO3/c12-9-8(11-10(13)14-9)6-7-4-2-1-3-5-7/h1-5,8H,6H2,(H,11,13)/p-1. The predicted molar refractivity (Wildman–Crippen MR) is 47.5 cm³/mol. The smallest absolute Gasteiger partial charge is 0.228 e. The Labute approximate surface area is 80.8 Å². The van der Waals surface area contributed by atoms with Gasteiger partial charge in [0.2, 0.25) is 5.97 Å². The number of carbonyl (C=O) groups is 1. The van der Waals surface area contributed by atoms with Crippen LogP contribution in [0.2, 0.25) is 0 Å². The van der Waals surface area contributed by atoms with E-state index in [4.69, 9.17) is 0 Å². The summed E-state index contributed by atoms with van der Waals surface area (Å²) in [4.78, 5) is 14.6. The first kappa shape index (κ1) is 8.74. The first-order valence-corrected chi connectivity index (χ1v) is 4.26. The molecular formula is C10H8NO3-. The molecule has 14 heavy (non-hydrogen) atoms. The van der Waals surface area contributed by atoms with Crippen LogP contribution in [-0.4, -0.2) is 18.1 Å². The van der Waals surface area contributed by atoms with Crippen molar-refractivity contribution in [2.75, 3.05) is 0 Å². The number of cyclic esters (lactones) is 1. The summed E-state index contributed by atoms with van der Waals surface area (Å²) in [7, 11) is 0. The van der Waals surface area contributed by atoms with Gasteiger partial charge in [-0.05, 0) is 5.56 Å². The first-order valence-electron chi connectivity index (χ1n) is 4.26. The van der Waals surface area contributed by atoms with Gasteiger partial charge in [0.25, 0.3) is 0 Å². The van der Waals surface area contributed by atoms with E-state index >= 15 is 0 Å². The van der Waals surface area contributed by atoms with E-state index in [0.29, 0.717) is 6.42 Å². The van der Waals surface area contributed by atoms with Gasteiger partial charge in [0.15, 0.2) is 6.08 Å². The van der Waals surface area contributed by atoms with Gasteiger partial charge < -0.3 is 9.84 Å². The van der Waals surface area contributed by atoms with E-state index in [9.17, 15) is 9.90 Å². The molecule has 0 aromatic heterocycles. The van der Waals surface area contributed by atoms with Gasteiger partial charge in [-0.15, -0.1) is 0 Å². The summed E-state index contributed by atoms with van der Waals surface area (Å²) in [6, 6.07) is 8.73. The van der Waals surface area contributed by atoms with E-state index in [1.165, 1.54) is 0 Å². The molecule has 4 nitrogen and oxygen atoms in total. The molecule has 4 heteroatoms. The van der Waals surface area contributed by atoms with Crippen LogP contribution in [0.15, 0.2) is 35.3 Å². The van der Waals surface area contributed by atoms with Gasteiger partial charge in [0.05, 0.1) is 0 Å². The fraction of sp³-hybridized carbons (Fsp3) is 0.200. The van der Waals surface area contributed by atoms with Gasteiger partial charge in [0, 0.05) is 6.42 Å². The predicted octanol–water partition coefficient (Wildman–Crippen LogP) is -0.129. The number of esters is 1. The van der Waals surface area contributed by atoms with Crippen molar-refractivity contribution in [3.8, 4) is 0 Å². The van der Waals surface area contributed by atoms with E-state index in [-0.39, 0.29) is 0 Å². The number of hydrogen-bond acceptors (Lipinski definition) is 4. The third-order valence-corrected chi connectivity index (χ3v) is 1.99. The first-order chi connectivity index (χ1) is 6.75. The van der Waals surface area contributed by atoms with Crippen molar-refractivity contribution in [3.63, 3.8) is 0 Å². The van der Waals surface area contributed by atoms with Crippen molar-refractivity contribution in [2.24, 2.45) is 4.99 Å². The second-order valence-corrected chi connectivity index (χ2v) is 3.02. The van der Waals surface area contributed by atoms with Crippen LogP contribution in [0.3, 0.4) is 0 Å². The lowest BCUT2D eigenvalue weighted by Crippen LogP contribution is -2.20. The SMILES string of the molecule is O=C1OC([O-])=NC1Cc1ccccc1. The van der Waals surface area contributed by atoms with Crippen LogP contribution in [0.5, 0.6) is 0 Å². The maximum Gasteiger partial charge on any atom is 0.228 e. The molecule has 1 aromatic carbocycles. The fourth-order valence-corrected chi connectivity index (χ4v) is 1.33. The molecule has 1 aliphatic heterocycles. The summed E-state index contributed by atoms with van der Waals surface area (Å²) >= 11 is 0. The van der Waals surface area contributed by atoms with Crippen molar-refractivity contribution in [2.45, 2.75) is 12.5 Å². The highest BCUT2D eigenvalue weighted by Crippen LogP contribution is 2.11. The molecule has 0 saturated carbocycles. The highest BCUT2D eigenvalue weighted by Gasteiger charge is 2.20. The normalized spacial score (nSPS) is 20.4. The zero-order valence-corrected chi connectivity index (χ0v) is 7.34. The quantitative estimate of drug-likeness (QED) is 0.610. The van der Waals surface area contributed by atoms with Gasteiger partial charge >= 0.3 is 0 Å². The van der Waals surface area contributed by atoms with Gasteiger partial charge in [-0.3, -0.25) is 9.79 Å². The zero-order valence-electron chi connectivity index (χ0n) is 7.34. The second kappa shape index (κ2) is 3.49. The Morgan fingerprint density at radius 3 is 2.64 bits per heavy atom. The van der Waals surface area contributed by atoms with E-state index in [2.05, 4.69) is 9.73 Å². The molecular weight excluding hydrogens is 182 g/mol. The van der Waals surface area contributed by atoms with Gasteiger partial charge in [-0.2, -0.15) is 0 Å². The zero-order chi connectivity index (χ0) is 9.97. The lowest BCUT2D eigenvalue weighted by Gasteiger charge is -2.06. The number of ether oxygens (including phenoxy) is 1. The summed E-state index contributed by atoms with van der Waals surface area (Å²) < 4.78 is 4.30. The molecule has 0 bridgehead atoms. The molecule has 1 unspecified atom stereocenters. The largest absolute Gasteiger partial charge is 0.537 e. The third-order valence-electron chi connectivity index (χ3n) is 1.99. The molecule has 0 radical (unpaired) electrons. The van der Waals surface area contributed by atoms with E-state index < -0.39 is 18.1 Å². The summed E-state index contributed by atoms with van der Waals surface area (Å²) in [5, 5.41) is 10.6. The van der Waals surface area contributed by atoms with Crippen molar-refractivity contribution >= 4 is 12.1 Å². The number of rotatable bonds is 2. The molecule has 2 rings (SSSR count). The average Bonchev–Trinajstić information content (AvgIpc) is 2.47. The molecule has 0 aliphatic carbocycles. The number of nitrogens with zero attached hydrogens (tertiary/aromatic N) is 1. The van der Waals surface area contributed by atoms with Crippen LogP contribution in [0.1, 0.15) is 5.56 Å². The molecule has 1 aromatic rings. The van der Waals surface area contributed by atoms with Crippen LogP contribution >= 0.6 is 0 Å². The van der Waals surface area contributed by atoms with Crippen LogP contribution in [0, 0.1) is 0 Å². The molecule has 0 N–H and O–H groups in total. The second-order valence-electron chi connectivity index (χ2n) is 3.02. The fourth-order valence-electron chi connectivity index (χ4n) is 1.33. The van der Waals surface area contributed by atoms with Gasteiger partial charge in [-0.25, -0.2) is 0 Å². The van der Waals surface area contributed by atoms with E-state index in [1.54, 1.807) is 0 Å². The maximum absolute atomic E-state index is 11.1. The Hall–Kier alpha value is -1.84. The number of hydrogen-bond donors (Lipinski definition) is 0. The lowest BCUT2D eigenvalue weighted by atomic mass is 10.1. The van der Waals surface area contributed by atoms with Crippen LogP contribution in [0.4, 0.5) is 0 Å². The highest BCUT2D eigenvalue weighted by atomic mass is 16.6. The Kier molecular flexibility index (Phi) is 2.18. The lowest BCUT2D eigenvalue weighted by molar-refractivity contribution is -0.244. The number of carbonyl (C=O) groups excluding carboxylic acids is 1. The number of benzene rings is 1. The monoisotopic (exact) mass is 190 g/mol. The van der Waals surface area contributed by atoms with Crippen molar-refractivity contribution in [1.82, 2.24) is 0 Å². The van der Waals surface area contributed by atoms with Gasteiger partial charge in [0.1, 0.15) is 6.04 Å². The molecule has 1 heterocycles. The molecule has 1 aliphatic rings. The highest BCUT2D eigenvalue weighted by molar-refractivity contribution is 5.92. The van der Waals surface area contributed by atoms with Crippen LogP contribution < -0.4 is 5.11 Å². The van der Waals surface area contributed by atoms with Gasteiger partial charge in [-0.1, -0.05) is 30.3 Å². The third kappa shape index (κ3) is 1.74. The van der Waals surface area contributed by atoms with Crippen molar-refractivity contribution in [1.29, 1.82) is 0 Å². The minimum Gasteiger partial charge on any atom is -0.537 e. The molecule has 0 spiro atoms. The Morgan fingerprint density at radius 1 is 1.36 bits per heavy atom. The summed E-state index contributed by atoms with van der Waals surface area (Å²) in [5.41, 5.74) is 0.966.